The van der Waals surface area contributed by atoms with Crippen LogP contribution in [0.5, 0.6) is 0 Å². The molecule has 0 spiro atoms. The van der Waals surface area contributed by atoms with Gasteiger partial charge in [0.2, 0.25) is 5.91 Å². The Balaban J connectivity index is 1.96. The van der Waals surface area contributed by atoms with Gasteiger partial charge in [0.05, 0.1) is 5.75 Å². The Labute approximate surface area is 124 Å². The van der Waals surface area contributed by atoms with Gasteiger partial charge in [-0.15, -0.1) is 11.8 Å². The summed E-state index contributed by atoms with van der Waals surface area (Å²) in [6, 6.07) is 6.81. The molecule has 1 aliphatic rings. The molecular weight excluding hydrogens is 273 g/mol. The highest BCUT2D eigenvalue weighted by molar-refractivity contribution is 8.01. The summed E-state index contributed by atoms with van der Waals surface area (Å²) in [5, 5.41) is 0. The first-order valence-corrected chi connectivity index (χ1v) is 8.01. The molecule has 1 saturated carbocycles. The molecule has 2 rings (SSSR count). The van der Waals surface area contributed by atoms with Crippen molar-refractivity contribution in [3.63, 3.8) is 0 Å². The Morgan fingerprint density at radius 3 is 2.40 bits per heavy atom. The van der Waals surface area contributed by atoms with Gasteiger partial charge in [-0.3, -0.25) is 4.79 Å². The molecule has 1 aromatic carbocycles. The summed E-state index contributed by atoms with van der Waals surface area (Å²) in [4.78, 5) is 14.3. The summed E-state index contributed by atoms with van der Waals surface area (Å²) in [6.45, 7) is 6.94. The van der Waals surface area contributed by atoms with Crippen LogP contribution in [0.4, 0.5) is 4.39 Å². The van der Waals surface area contributed by atoms with Gasteiger partial charge in [-0.25, -0.2) is 4.39 Å². The number of carbonyl (C=O) groups excluding carboxylic acids is 1. The minimum absolute atomic E-state index is 0.0980. The van der Waals surface area contributed by atoms with E-state index in [0.717, 1.165) is 18.4 Å². The number of carbonyl (C=O) groups is 1. The van der Waals surface area contributed by atoms with Gasteiger partial charge < -0.3 is 4.90 Å². The Hall–Kier alpha value is -1.03. The summed E-state index contributed by atoms with van der Waals surface area (Å²) in [5.74, 6) is 0.472. The molecule has 0 heterocycles. The van der Waals surface area contributed by atoms with Crippen LogP contribution >= 0.6 is 11.8 Å². The maximum absolute atomic E-state index is 12.9. The zero-order valence-corrected chi connectivity index (χ0v) is 13.2. The maximum Gasteiger partial charge on any atom is 0.233 e. The summed E-state index contributed by atoms with van der Waals surface area (Å²) >= 11 is 1.68. The molecule has 0 radical (unpaired) electrons. The van der Waals surface area contributed by atoms with Crippen LogP contribution in [0.3, 0.4) is 0 Å². The second-order valence-corrected chi connectivity index (χ2v) is 8.08. The molecule has 0 atom stereocenters. The standard InChI is InChI=1S/C16H22FNOS/c1-16(2,3)20-11-15(19)18(14-8-9-14)10-12-4-6-13(17)7-5-12/h4-7,14H,8-11H2,1-3H3. The Bertz CT molecular complexity index is 462. The van der Waals surface area contributed by atoms with Gasteiger partial charge in [0.1, 0.15) is 5.82 Å². The first-order valence-electron chi connectivity index (χ1n) is 7.03. The monoisotopic (exact) mass is 295 g/mol. The fraction of sp³-hybridized carbons (Fsp3) is 0.562. The van der Waals surface area contributed by atoms with E-state index in [1.54, 1.807) is 23.9 Å². The van der Waals surface area contributed by atoms with E-state index >= 15 is 0 Å². The van der Waals surface area contributed by atoms with Crippen LogP contribution in [0.15, 0.2) is 24.3 Å². The molecule has 0 aromatic heterocycles. The van der Waals surface area contributed by atoms with Crippen molar-refractivity contribution < 1.29 is 9.18 Å². The Kier molecular flexibility index (Phi) is 4.74. The Morgan fingerprint density at radius 1 is 1.30 bits per heavy atom. The zero-order chi connectivity index (χ0) is 14.8. The highest BCUT2D eigenvalue weighted by Gasteiger charge is 2.32. The van der Waals surface area contributed by atoms with Crippen molar-refractivity contribution in [3.8, 4) is 0 Å². The minimum atomic E-state index is -0.235. The lowest BCUT2D eigenvalue weighted by molar-refractivity contribution is -0.129. The summed E-state index contributed by atoms with van der Waals surface area (Å²) in [6.07, 6.45) is 2.18. The van der Waals surface area contributed by atoms with Crippen molar-refractivity contribution in [2.45, 2.75) is 50.9 Å². The quantitative estimate of drug-likeness (QED) is 0.822. The highest BCUT2D eigenvalue weighted by atomic mass is 32.2. The fourth-order valence-corrected chi connectivity index (χ4v) is 2.68. The number of amides is 1. The van der Waals surface area contributed by atoms with Gasteiger partial charge >= 0.3 is 0 Å². The summed E-state index contributed by atoms with van der Waals surface area (Å²) in [7, 11) is 0. The van der Waals surface area contributed by atoms with E-state index in [-0.39, 0.29) is 16.5 Å². The number of benzene rings is 1. The number of hydrogen-bond donors (Lipinski definition) is 0. The van der Waals surface area contributed by atoms with Crippen LogP contribution in [0.2, 0.25) is 0 Å². The molecule has 0 saturated heterocycles. The molecule has 110 valence electrons. The Morgan fingerprint density at radius 2 is 1.90 bits per heavy atom. The van der Waals surface area contributed by atoms with Gasteiger partial charge in [-0.2, -0.15) is 0 Å². The fourth-order valence-electron chi connectivity index (χ4n) is 1.95. The van der Waals surface area contributed by atoms with Crippen molar-refractivity contribution in [2.24, 2.45) is 0 Å². The molecule has 1 fully saturated rings. The third kappa shape index (κ3) is 4.82. The lowest BCUT2D eigenvalue weighted by atomic mass is 10.2. The number of rotatable bonds is 5. The van der Waals surface area contributed by atoms with E-state index in [9.17, 15) is 9.18 Å². The van der Waals surface area contributed by atoms with Crippen molar-refractivity contribution in [3.05, 3.63) is 35.6 Å². The van der Waals surface area contributed by atoms with Crippen LogP contribution in [-0.4, -0.2) is 27.3 Å². The molecule has 1 amide bonds. The average Bonchev–Trinajstić information content (AvgIpc) is 3.18. The molecule has 2 nitrogen and oxygen atoms in total. The molecule has 0 N–H and O–H groups in total. The van der Waals surface area contributed by atoms with E-state index in [1.165, 1.54) is 12.1 Å². The van der Waals surface area contributed by atoms with E-state index in [2.05, 4.69) is 20.8 Å². The van der Waals surface area contributed by atoms with E-state index in [1.807, 2.05) is 4.90 Å². The summed E-state index contributed by atoms with van der Waals surface area (Å²) in [5.41, 5.74) is 0.993. The number of nitrogens with zero attached hydrogens (tertiary/aromatic N) is 1. The van der Waals surface area contributed by atoms with Crippen molar-refractivity contribution in [1.29, 1.82) is 0 Å². The molecule has 4 heteroatoms. The van der Waals surface area contributed by atoms with Crippen LogP contribution in [0.25, 0.3) is 0 Å². The van der Waals surface area contributed by atoms with Gasteiger partial charge in [0, 0.05) is 17.3 Å². The number of hydrogen-bond acceptors (Lipinski definition) is 2. The second kappa shape index (κ2) is 6.17. The lowest BCUT2D eigenvalue weighted by Gasteiger charge is -2.25. The van der Waals surface area contributed by atoms with E-state index in [0.29, 0.717) is 18.3 Å². The molecule has 0 aliphatic heterocycles. The average molecular weight is 295 g/mol. The third-order valence-electron chi connectivity index (χ3n) is 3.20. The molecule has 1 aromatic rings. The molecule has 1 aliphatic carbocycles. The predicted molar refractivity (Wildman–Crippen MR) is 82.2 cm³/mol. The molecule has 0 unspecified atom stereocenters. The number of halogens is 1. The van der Waals surface area contributed by atoms with Crippen LogP contribution in [0, 0.1) is 5.82 Å². The lowest BCUT2D eigenvalue weighted by Crippen LogP contribution is -2.34. The topological polar surface area (TPSA) is 20.3 Å². The SMILES string of the molecule is CC(C)(C)SCC(=O)N(Cc1ccc(F)cc1)C1CC1. The first-order chi connectivity index (χ1) is 9.35. The summed E-state index contributed by atoms with van der Waals surface area (Å²) < 4.78 is 13.0. The smallest absolute Gasteiger partial charge is 0.233 e. The highest BCUT2D eigenvalue weighted by Crippen LogP contribution is 2.30. The predicted octanol–water partition coefficient (Wildman–Crippen LogP) is 3.85. The van der Waals surface area contributed by atoms with Crippen molar-refractivity contribution in [1.82, 2.24) is 4.90 Å². The van der Waals surface area contributed by atoms with Crippen molar-refractivity contribution >= 4 is 17.7 Å². The molecule has 20 heavy (non-hydrogen) atoms. The normalized spacial score (nSPS) is 15.2. The first kappa shape index (κ1) is 15.4. The van der Waals surface area contributed by atoms with Crippen molar-refractivity contribution in [2.75, 3.05) is 5.75 Å². The van der Waals surface area contributed by atoms with Crippen LogP contribution in [-0.2, 0) is 11.3 Å². The van der Waals surface area contributed by atoms with Gasteiger partial charge in [-0.1, -0.05) is 32.9 Å². The number of thioether (sulfide) groups is 1. The molecule has 0 bridgehead atoms. The van der Waals surface area contributed by atoms with Gasteiger partial charge in [0.15, 0.2) is 0 Å². The van der Waals surface area contributed by atoms with Crippen LogP contribution in [0.1, 0.15) is 39.2 Å². The molecular formula is C16H22FNOS. The van der Waals surface area contributed by atoms with E-state index < -0.39 is 0 Å². The van der Waals surface area contributed by atoms with E-state index in [4.69, 9.17) is 0 Å². The zero-order valence-electron chi connectivity index (χ0n) is 12.4. The van der Waals surface area contributed by atoms with Crippen LogP contribution < -0.4 is 0 Å². The minimum Gasteiger partial charge on any atom is -0.335 e. The van der Waals surface area contributed by atoms with Gasteiger partial charge in [-0.05, 0) is 30.5 Å². The third-order valence-corrected chi connectivity index (χ3v) is 4.46. The van der Waals surface area contributed by atoms with Gasteiger partial charge in [0.25, 0.3) is 0 Å². The second-order valence-electron chi connectivity index (χ2n) is 6.28. The maximum atomic E-state index is 12.9. The largest absolute Gasteiger partial charge is 0.335 e.